The highest BCUT2D eigenvalue weighted by Gasteiger charge is 2.12. The van der Waals surface area contributed by atoms with Gasteiger partial charge in [-0.15, -0.1) is 11.3 Å². The smallest absolute Gasteiger partial charge is 0.270 e. The van der Waals surface area contributed by atoms with Crippen LogP contribution in [0, 0.1) is 17.0 Å². The van der Waals surface area contributed by atoms with E-state index in [4.69, 9.17) is 4.74 Å². The normalized spacial score (nSPS) is 10.6. The summed E-state index contributed by atoms with van der Waals surface area (Å²) in [5.41, 5.74) is 1.71. The molecule has 6 nitrogen and oxygen atoms in total. The van der Waals surface area contributed by atoms with Crippen molar-refractivity contribution in [3.63, 3.8) is 0 Å². The Bertz CT molecular complexity index is 628. The highest BCUT2D eigenvalue weighted by molar-refractivity contribution is 7.09. The predicted molar refractivity (Wildman–Crippen MR) is 81.7 cm³/mol. The van der Waals surface area contributed by atoms with Crippen molar-refractivity contribution >= 4 is 17.0 Å². The Morgan fingerprint density at radius 2 is 2.29 bits per heavy atom. The summed E-state index contributed by atoms with van der Waals surface area (Å²) in [5.74, 6) is 0.646. The summed E-state index contributed by atoms with van der Waals surface area (Å²) in [4.78, 5) is 14.8. The lowest BCUT2D eigenvalue weighted by Crippen LogP contribution is -2.13. The molecular weight excluding hydrogens is 290 g/mol. The number of hydrogen-bond donors (Lipinski definition) is 1. The van der Waals surface area contributed by atoms with Gasteiger partial charge in [-0.1, -0.05) is 6.92 Å². The fourth-order valence-electron chi connectivity index (χ4n) is 1.84. The molecule has 1 aromatic heterocycles. The molecule has 21 heavy (non-hydrogen) atoms. The van der Waals surface area contributed by atoms with Gasteiger partial charge in [0.1, 0.15) is 12.4 Å². The zero-order chi connectivity index (χ0) is 15.2. The van der Waals surface area contributed by atoms with Crippen LogP contribution < -0.4 is 10.1 Å². The maximum Gasteiger partial charge on any atom is 0.270 e. The number of aryl methyl sites for hydroxylation is 1. The van der Waals surface area contributed by atoms with E-state index in [9.17, 15) is 10.1 Å². The Hall–Kier alpha value is -1.99. The number of non-ortho nitro benzene ring substituents is 1. The molecule has 0 bridgehead atoms. The van der Waals surface area contributed by atoms with Gasteiger partial charge < -0.3 is 10.1 Å². The lowest BCUT2D eigenvalue weighted by Gasteiger charge is -2.11. The molecule has 0 saturated carbocycles. The van der Waals surface area contributed by atoms with E-state index < -0.39 is 4.92 Å². The van der Waals surface area contributed by atoms with Gasteiger partial charge in [-0.2, -0.15) is 0 Å². The van der Waals surface area contributed by atoms with Gasteiger partial charge in [0.05, 0.1) is 15.6 Å². The number of rotatable bonds is 7. The van der Waals surface area contributed by atoms with E-state index in [0.717, 1.165) is 22.8 Å². The minimum Gasteiger partial charge on any atom is -0.487 e. The maximum absolute atomic E-state index is 10.9. The number of nitrogens with zero attached hydrogens (tertiary/aromatic N) is 2. The van der Waals surface area contributed by atoms with Gasteiger partial charge in [0.25, 0.3) is 5.69 Å². The Labute approximate surface area is 126 Å². The highest BCUT2D eigenvalue weighted by atomic mass is 32.1. The van der Waals surface area contributed by atoms with Gasteiger partial charge in [-0.3, -0.25) is 10.1 Å². The number of nitro groups is 1. The molecule has 0 atom stereocenters. The van der Waals surface area contributed by atoms with E-state index in [1.165, 1.54) is 6.07 Å². The largest absolute Gasteiger partial charge is 0.487 e. The predicted octanol–water partition coefficient (Wildman–Crippen LogP) is 3.05. The summed E-state index contributed by atoms with van der Waals surface area (Å²) in [5, 5.41) is 17.0. The van der Waals surface area contributed by atoms with Gasteiger partial charge in [0.2, 0.25) is 0 Å². The second-order valence-electron chi connectivity index (χ2n) is 4.48. The minimum atomic E-state index is -0.400. The van der Waals surface area contributed by atoms with E-state index >= 15 is 0 Å². The molecule has 0 unspecified atom stereocenters. The Kier molecular flexibility index (Phi) is 5.24. The first kappa shape index (κ1) is 15.4. The van der Waals surface area contributed by atoms with Crippen LogP contribution in [0.1, 0.15) is 23.2 Å². The van der Waals surface area contributed by atoms with Crippen LogP contribution in [0.5, 0.6) is 5.75 Å². The molecule has 0 saturated heterocycles. The second-order valence-corrected chi connectivity index (χ2v) is 5.54. The summed E-state index contributed by atoms with van der Waals surface area (Å²) in [7, 11) is 0. The standard InChI is InChI=1S/C14H17N3O3S/c1-3-15-7-11-6-13(17(18)19)4-5-14(11)20-8-12-9-21-10(2)16-12/h4-6,9,15H,3,7-8H2,1-2H3. The number of ether oxygens (including phenoxy) is 1. The average Bonchev–Trinajstić information content (AvgIpc) is 2.88. The fraction of sp³-hybridized carbons (Fsp3) is 0.357. The molecule has 7 heteroatoms. The summed E-state index contributed by atoms with van der Waals surface area (Å²) in [6.45, 7) is 5.60. The van der Waals surface area contributed by atoms with E-state index in [1.54, 1.807) is 23.5 Å². The lowest BCUT2D eigenvalue weighted by atomic mass is 10.1. The van der Waals surface area contributed by atoms with Crippen LogP contribution in [0.3, 0.4) is 0 Å². The van der Waals surface area contributed by atoms with Gasteiger partial charge in [0, 0.05) is 29.6 Å². The van der Waals surface area contributed by atoms with Crippen LogP contribution in [-0.2, 0) is 13.2 Å². The second kappa shape index (κ2) is 7.14. The van der Waals surface area contributed by atoms with Crippen LogP contribution in [0.2, 0.25) is 0 Å². The fourth-order valence-corrected chi connectivity index (χ4v) is 2.44. The third-order valence-electron chi connectivity index (χ3n) is 2.86. The first-order valence-corrected chi connectivity index (χ1v) is 7.50. The van der Waals surface area contributed by atoms with Crippen LogP contribution in [0.25, 0.3) is 0 Å². The topological polar surface area (TPSA) is 77.3 Å². The molecule has 0 spiro atoms. The van der Waals surface area contributed by atoms with Crippen LogP contribution in [0.4, 0.5) is 5.69 Å². The maximum atomic E-state index is 10.9. The van der Waals surface area contributed by atoms with Crippen molar-refractivity contribution in [1.29, 1.82) is 0 Å². The van der Waals surface area contributed by atoms with E-state index in [-0.39, 0.29) is 5.69 Å². The molecule has 2 aromatic rings. The molecule has 0 fully saturated rings. The van der Waals surface area contributed by atoms with Crippen molar-refractivity contribution in [3.8, 4) is 5.75 Å². The van der Waals surface area contributed by atoms with Crippen molar-refractivity contribution in [2.75, 3.05) is 6.54 Å². The molecule has 1 N–H and O–H groups in total. The first-order chi connectivity index (χ1) is 10.1. The lowest BCUT2D eigenvalue weighted by molar-refractivity contribution is -0.384. The molecule has 112 valence electrons. The Morgan fingerprint density at radius 3 is 2.90 bits per heavy atom. The van der Waals surface area contributed by atoms with Crippen molar-refractivity contribution in [2.24, 2.45) is 0 Å². The first-order valence-electron chi connectivity index (χ1n) is 6.62. The number of thiazole rings is 1. The summed E-state index contributed by atoms with van der Waals surface area (Å²) in [6, 6.07) is 4.64. The third-order valence-corrected chi connectivity index (χ3v) is 3.68. The van der Waals surface area contributed by atoms with Crippen LogP contribution >= 0.6 is 11.3 Å². The number of nitrogens with one attached hydrogen (secondary N) is 1. The van der Waals surface area contributed by atoms with E-state index in [2.05, 4.69) is 10.3 Å². The monoisotopic (exact) mass is 307 g/mol. The van der Waals surface area contributed by atoms with Gasteiger partial charge in [-0.05, 0) is 19.5 Å². The van der Waals surface area contributed by atoms with Gasteiger partial charge in [-0.25, -0.2) is 4.98 Å². The minimum absolute atomic E-state index is 0.0692. The SMILES string of the molecule is CCNCc1cc([N+](=O)[O-])ccc1OCc1csc(C)n1. The van der Waals surface area contributed by atoms with Crippen molar-refractivity contribution in [3.05, 3.63) is 50.0 Å². The van der Waals surface area contributed by atoms with Crippen molar-refractivity contribution in [1.82, 2.24) is 10.3 Å². The van der Waals surface area contributed by atoms with E-state index in [1.807, 2.05) is 19.2 Å². The Balaban J connectivity index is 2.14. The van der Waals surface area contributed by atoms with E-state index in [0.29, 0.717) is 18.9 Å². The zero-order valence-corrected chi connectivity index (χ0v) is 12.8. The molecule has 0 aliphatic rings. The highest BCUT2D eigenvalue weighted by Crippen LogP contribution is 2.25. The number of benzene rings is 1. The number of nitro benzene ring substituents is 1. The van der Waals surface area contributed by atoms with Crippen LogP contribution in [-0.4, -0.2) is 16.5 Å². The average molecular weight is 307 g/mol. The van der Waals surface area contributed by atoms with Crippen molar-refractivity contribution < 1.29 is 9.66 Å². The molecular formula is C14H17N3O3S. The van der Waals surface area contributed by atoms with Crippen LogP contribution in [0.15, 0.2) is 23.6 Å². The Morgan fingerprint density at radius 1 is 1.48 bits per heavy atom. The molecule has 0 aliphatic heterocycles. The molecule has 0 amide bonds. The quantitative estimate of drug-likeness (QED) is 0.628. The molecule has 0 aliphatic carbocycles. The number of aromatic nitrogens is 1. The summed E-state index contributed by atoms with van der Waals surface area (Å²) in [6.07, 6.45) is 0. The molecule has 1 heterocycles. The van der Waals surface area contributed by atoms with Gasteiger partial charge >= 0.3 is 0 Å². The summed E-state index contributed by atoms with van der Waals surface area (Å²) >= 11 is 1.57. The molecule has 2 rings (SSSR count). The third kappa shape index (κ3) is 4.24. The number of hydrogen-bond acceptors (Lipinski definition) is 6. The van der Waals surface area contributed by atoms with Gasteiger partial charge in [0.15, 0.2) is 0 Å². The molecule has 1 aromatic carbocycles. The molecule has 0 radical (unpaired) electrons. The van der Waals surface area contributed by atoms with Crippen molar-refractivity contribution in [2.45, 2.75) is 27.0 Å². The zero-order valence-electron chi connectivity index (χ0n) is 12.0. The summed E-state index contributed by atoms with van der Waals surface area (Å²) < 4.78 is 5.75.